The molecule has 1 heterocycles. The smallest absolute Gasteiger partial charge is 0.251 e. The number of halogens is 1. The Balaban J connectivity index is 0.00000352. The van der Waals surface area contributed by atoms with Gasteiger partial charge in [-0.3, -0.25) is 4.79 Å². The molecule has 0 radical (unpaired) electrons. The second kappa shape index (κ2) is 18.1. The van der Waals surface area contributed by atoms with Crippen LogP contribution in [-0.2, 0) is 16.0 Å². The fourth-order valence-electron chi connectivity index (χ4n) is 3.71. The number of hydrogen-bond acceptors (Lipinski definition) is 5. The number of nitrogens with zero attached hydrogens (tertiary/aromatic N) is 3. The van der Waals surface area contributed by atoms with Gasteiger partial charge in [0.1, 0.15) is 0 Å². The van der Waals surface area contributed by atoms with Crippen LogP contribution in [0.4, 0.5) is 0 Å². The van der Waals surface area contributed by atoms with Crippen molar-refractivity contribution in [3.8, 4) is 6.07 Å². The van der Waals surface area contributed by atoms with Gasteiger partial charge in [-0.15, -0.1) is 0 Å². The van der Waals surface area contributed by atoms with Crippen LogP contribution >= 0.6 is 11.6 Å². The summed E-state index contributed by atoms with van der Waals surface area (Å²) in [5, 5.41) is 26.2. The third-order valence-electron chi connectivity index (χ3n) is 5.49. The molecular formula is C30H41ClN4O3. The molecule has 8 heteroatoms. The number of carbonyl (C=O) groups excluding carboxylic acids is 1. The number of aliphatic hydroxyl groups excluding tert-OH is 1. The van der Waals surface area contributed by atoms with Crippen molar-refractivity contribution in [2.75, 3.05) is 26.4 Å². The van der Waals surface area contributed by atoms with Gasteiger partial charge in [-0.2, -0.15) is 10.4 Å². The Bertz CT molecular complexity index is 1160. The summed E-state index contributed by atoms with van der Waals surface area (Å²) in [6.45, 7) is 12.7. The first-order valence-electron chi connectivity index (χ1n) is 13.0. The number of nitriles is 1. The van der Waals surface area contributed by atoms with Gasteiger partial charge in [0.2, 0.25) is 0 Å². The Morgan fingerprint density at radius 1 is 1.26 bits per heavy atom. The van der Waals surface area contributed by atoms with Crippen LogP contribution in [0.25, 0.3) is 5.70 Å². The van der Waals surface area contributed by atoms with Crippen LogP contribution in [0.5, 0.6) is 0 Å². The Kier molecular flexibility index (Phi) is 15.7. The van der Waals surface area contributed by atoms with E-state index in [0.29, 0.717) is 55.2 Å². The topological polar surface area (TPSA) is 100 Å². The van der Waals surface area contributed by atoms with Gasteiger partial charge in [-0.25, -0.2) is 4.68 Å². The van der Waals surface area contributed by atoms with Gasteiger partial charge >= 0.3 is 0 Å². The number of aliphatic hydroxyl groups is 1. The first kappa shape index (κ1) is 32.8. The zero-order valence-electron chi connectivity index (χ0n) is 23.5. The molecule has 0 saturated heterocycles. The molecule has 0 aromatic carbocycles. The third kappa shape index (κ3) is 11.1. The van der Waals surface area contributed by atoms with E-state index in [1.807, 2.05) is 70.3 Å². The Morgan fingerprint density at radius 3 is 2.66 bits per heavy atom. The zero-order chi connectivity index (χ0) is 28.5. The van der Waals surface area contributed by atoms with Gasteiger partial charge in [-0.05, 0) is 81.9 Å². The predicted octanol–water partition coefficient (Wildman–Crippen LogP) is 5.93. The highest BCUT2D eigenvalue weighted by atomic mass is 35.5. The second-order valence-electron chi connectivity index (χ2n) is 8.55. The van der Waals surface area contributed by atoms with Gasteiger partial charge in [0, 0.05) is 35.5 Å². The predicted molar refractivity (Wildman–Crippen MR) is 155 cm³/mol. The maximum Gasteiger partial charge on any atom is 0.251 e. The lowest BCUT2D eigenvalue weighted by Gasteiger charge is -2.12. The van der Waals surface area contributed by atoms with Crippen molar-refractivity contribution < 1.29 is 14.6 Å². The molecule has 1 aliphatic carbocycles. The van der Waals surface area contributed by atoms with E-state index in [4.69, 9.17) is 26.5 Å². The zero-order valence-corrected chi connectivity index (χ0v) is 24.2. The SMILES string of the molecule is CC.C\C(Cl)=C/C(=C(C)\C=C(/C)C#N)n1cc(CC2=C(C(=O)NCCCOCCO)C=CC=CC2)c(C)n1. The summed E-state index contributed by atoms with van der Waals surface area (Å²) in [7, 11) is 0. The van der Waals surface area contributed by atoms with E-state index in [0.717, 1.165) is 28.1 Å². The molecule has 1 aromatic rings. The largest absolute Gasteiger partial charge is 0.394 e. The summed E-state index contributed by atoms with van der Waals surface area (Å²) >= 11 is 6.20. The Hall–Kier alpha value is -3.18. The van der Waals surface area contributed by atoms with Crippen LogP contribution in [0.2, 0.25) is 0 Å². The molecule has 0 aliphatic heterocycles. The summed E-state index contributed by atoms with van der Waals surface area (Å²) in [5.74, 6) is -0.119. The highest BCUT2D eigenvalue weighted by molar-refractivity contribution is 6.29. The Labute approximate surface area is 232 Å². The van der Waals surface area contributed by atoms with E-state index >= 15 is 0 Å². The fourth-order valence-corrected chi connectivity index (χ4v) is 3.82. The molecular weight excluding hydrogens is 500 g/mol. The molecule has 0 atom stereocenters. The number of aromatic nitrogens is 2. The highest BCUT2D eigenvalue weighted by Crippen LogP contribution is 2.24. The molecule has 2 N–H and O–H groups in total. The Morgan fingerprint density at radius 2 is 2.00 bits per heavy atom. The lowest BCUT2D eigenvalue weighted by atomic mass is 9.97. The fraction of sp³-hybridized carbons (Fsp3) is 0.433. The van der Waals surface area contributed by atoms with Gasteiger partial charge in [-0.1, -0.05) is 43.7 Å². The van der Waals surface area contributed by atoms with Gasteiger partial charge in [0.25, 0.3) is 5.91 Å². The van der Waals surface area contributed by atoms with Crippen molar-refractivity contribution in [1.82, 2.24) is 15.1 Å². The van der Waals surface area contributed by atoms with Crippen molar-refractivity contribution >= 4 is 23.2 Å². The lowest BCUT2D eigenvalue weighted by Crippen LogP contribution is -2.27. The number of hydrogen-bond donors (Lipinski definition) is 2. The summed E-state index contributed by atoms with van der Waals surface area (Å²) in [4.78, 5) is 13.0. The van der Waals surface area contributed by atoms with Crippen molar-refractivity contribution in [3.63, 3.8) is 0 Å². The summed E-state index contributed by atoms with van der Waals surface area (Å²) in [6, 6.07) is 2.14. The summed E-state index contributed by atoms with van der Waals surface area (Å²) in [6.07, 6.45) is 15.2. The van der Waals surface area contributed by atoms with Gasteiger partial charge < -0.3 is 15.2 Å². The molecule has 7 nitrogen and oxygen atoms in total. The highest BCUT2D eigenvalue weighted by Gasteiger charge is 2.17. The molecule has 0 fully saturated rings. The van der Waals surface area contributed by atoms with Gasteiger partial charge in [0.15, 0.2) is 0 Å². The number of rotatable bonds is 12. The average Bonchev–Trinajstić information content (AvgIpc) is 3.10. The second-order valence-corrected chi connectivity index (χ2v) is 9.15. The molecule has 0 unspecified atom stereocenters. The minimum Gasteiger partial charge on any atom is -0.394 e. The van der Waals surface area contributed by atoms with E-state index in [1.54, 1.807) is 18.5 Å². The van der Waals surface area contributed by atoms with E-state index in [2.05, 4.69) is 11.4 Å². The first-order chi connectivity index (χ1) is 18.3. The summed E-state index contributed by atoms with van der Waals surface area (Å²) < 4.78 is 7.03. The van der Waals surface area contributed by atoms with Crippen LogP contribution in [0, 0.1) is 18.3 Å². The van der Waals surface area contributed by atoms with E-state index < -0.39 is 0 Å². The normalized spacial score (nSPS) is 14.4. The van der Waals surface area contributed by atoms with E-state index in [-0.39, 0.29) is 12.5 Å². The van der Waals surface area contributed by atoms with Crippen LogP contribution in [0.3, 0.4) is 0 Å². The molecule has 2 rings (SSSR count). The molecule has 206 valence electrons. The number of allylic oxidation sites excluding steroid dienone is 10. The first-order valence-corrected chi connectivity index (χ1v) is 13.3. The van der Waals surface area contributed by atoms with E-state index in [1.165, 1.54) is 0 Å². The van der Waals surface area contributed by atoms with Crippen molar-refractivity contribution in [1.29, 1.82) is 5.26 Å². The van der Waals surface area contributed by atoms with Crippen molar-refractivity contribution in [3.05, 3.63) is 81.2 Å². The third-order valence-corrected chi connectivity index (χ3v) is 5.60. The minimum atomic E-state index is -0.119. The van der Waals surface area contributed by atoms with Crippen LogP contribution in [0.1, 0.15) is 58.7 Å². The lowest BCUT2D eigenvalue weighted by molar-refractivity contribution is -0.117. The number of nitrogens with one attached hydrogen (secondary N) is 1. The van der Waals surface area contributed by atoms with Crippen LogP contribution in [-0.4, -0.2) is 47.2 Å². The molecule has 0 saturated carbocycles. The number of ether oxygens (including phenoxy) is 1. The maximum absolute atomic E-state index is 13.0. The van der Waals surface area contributed by atoms with Crippen LogP contribution < -0.4 is 5.32 Å². The van der Waals surface area contributed by atoms with Gasteiger partial charge in [0.05, 0.1) is 30.7 Å². The standard InChI is InChI=1S/C28H35ClN4O3.C2H6/c1-20(18-30)15-21(2)27(16-22(3)29)33-19-25(23(4)32-33)17-24-9-6-5-7-10-26(24)28(35)31-11-8-13-36-14-12-34;1-2/h5-7,10,15-16,19,34H,8-9,11-14,17H2,1-4H3,(H,31,35);1-2H3/b20-15+,22-16+,27-21+;. The molecule has 38 heavy (non-hydrogen) atoms. The number of aryl methyl sites for hydroxylation is 1. The summed E-state index contributed by atoms with van der Waals surface area (Å²) in [5.41, 5.74) is 5.75. The monoisotopic (exact) mass is 540 g/mol. The van der Waals surface area contributed by atoms with E-state index in [9.17, 15) is 10.1 Å². The molecule has 1 amide bonds. The number of carbonyl (C=O) groups is 1. The van der Waals surface area contributed by atoms with Crippen molar-refractivity contribution in [2.45, 2.75) is 60.8 Å². The molecule has 1 aromatic heterocycles. The van der Waals surface area contributed by atoms with Crippen LogP contribution in [0.15, 0.2) is 70.0 Å². The van der Waals surface area contributed by atoms with Crippen molar-refractivity contribution in [2.24, 2.45) is 0 Å². The molecule has 1 aliphatic rings. The quantitative estimate of drug-likeness (QED) is 0.194. The average molecular weight is 541 g/mol. The molecule has 0 bridgehead atoms. The molecule has 0 spiro atoms. The maximum atomic E-state index is 13.0. The minimum absolute atomic E-state index is 0.00870. The number of amides is 1.